The van der Waals surface area contributed by atoms with Gasteiger partial charge in [-0.25, -0.2) is 0 Å². The van der Waals surface area contributed by atoms with Gasteiger partial charge in [0.2, 0.25) is 0 Å². The van der Waals surface area contributed by atoms with Crippen molar-refractivity contribution in [3.63, 3.8) is 0 Å². The summed E-state index contributed by atoms with van der Waals surface area (Å²) in [6.07, 6.45) is 0. The fraction of sp³-hybridized carbons (Fsp3) is 0.143. The van der Waals surface area contributed by atoms with Crippen molar-refractivity contribution in [1.82, 2.24) is 0 Å². The van der Waals surface area contributed by atoms with Gasteiger partial charge in [-0.2, -0.15) is 0 Å². The van der Waals surface area contributed by atoms with Crippen molar-refractivity contribution in [1.29, 1.82) is 0 Å². The number of benzene rings is 2. The van der Waals surface area contributed by atoms with E-state index in [1.54, 1.807) is 0 Å². The van der Waals surface area contributed by atoms with Crippen LogP contribution in [0.4, 0.5) is 0 Å². The minimum Gasteiger partial charge on any atom is -0.488 e. The molecule has 0 saturated carbocycles. The van der Waals surface area contributed by atoms with Gasteiger partial charge < -0.3 is 4.74 Å². The molecule has 1 nitrogen and oxygen atoms in total. The third-order valence-corrected chi connectivity index (χ3v) is 2.97. The van der Waals surface area contributed by atoms with E-state index in [1.807, 2.05) is 30.3 Å². The van der Waals surface area contributed by atoms with Crippen LogP contribution in [0.1, 0.15) is 11.1 Å². The van der Waals surface area contributed by atoms with E-state index in [0.717, 1.165) is 10.2 Å². The molecule has 0 fully saturated rings. The van der Waals surface area contributed by atoms with E-state index >= 15 is 0 Å². The van der Waals surface area contributed by atoms with Crippen molar-refractivity contribution in [2.75, 3.05) is 0 Å². The number of halogens is 1. The van der Waals surface area contributed by atoms with Crippen LogP contribution >= 0.6 is 15.9 Å². The van der Waals surface area contributed by atoms with Crippen LogP contribution < -0.4 is 4.74 Å². The average molecular weight is 277 g/mol. The number of rotatable bonds is 3. The maximum atomic E-state index is 5.73. The number of hydrogen-bond acceptors (Lipinski definition) is 1. The highest BCUT2D eigenvalue weighted by Gasteiger charge is 1.99. The zero-order valence-electron chi connectivity index (χ0n) is 9.11. The molecular weight excluding hydrogens is 264 g/mol. The van der Waals surface area contributed by atoms with Crippen molar-refractivity contribution in [2.24, 2.45) is 0 Å². The second kappa shape index (κ2) is 5.17. The molecule has 0 spiro atoms. The first-order chi connectivity index (χ1) is 7.75. The zero-order valence-corrected chi connectivity index (χ0v) is 10.7. The standard InChI is InChI=1S/C14H13BrO/c1-11-5-4-6-12(9-11)10-16-14-8-3-2-7-13(14)15/h2-9H,10H2,1H3. The van der Waals surface area contributed by atoms with Crippen LogP contribution in [0.15, 0.2) is 53.0 Å². The summed E-state index contributed by atoms with van der Waals surface area (Å²) in [6, 6.07) is 16.2. The van der Waals surface area contributed by atoms with Crippen molar-refractivity contribution >= 4 is 15.9 Å². The molecule has 0 aliphatic carbocycles. The molecule has 2 heteroatoms. The third-order valence-electron chi connectivity index (χ3n) is 2.31. The molecule has 0 unspecified atom stereocenters. The second-order valence-corrected chi connectivity index (χ2v) is 4.56. The lowest BCUT2D eigenvalue weighted by Crippen LogP contribution is -1.96. The topological polar surface area (TPSA) is 9.23 Å². The van der Waals surface area contributed by atoms with E-state index < -0.39 is 0 Å². The molecule has 0 radical (unpaired) electrons. The quantitative estimate of drug-likeness (QED) is 0.811. The van der Waals surface area contributed by atoms with Crippen LogP contribution in [0.5, 0.6) is 5.75 Å². The van der Waals surface area contributed by atoms with E-state index in [4.69, 9.17) is 4.74 Å². The highest BCUT2D eigenvalue weighted by atomic mass is 79.9. The Balaban J connectivity index is 2.05. The van der Waals surface area contributed by atoms with Gasteiger partial charge in [0.1, 0.15) is 12.4 Å². The molecule has 0 atom stereocenters. The van der Waals surface area contributed by atoms with Crippen LogP contribution in [-0.2, 0) is 6.61 Å². The summed E-state index contributed by atoms with van der Waals surface area (Å²) in [7, 11) is 0. The summed E-state index contributed by atoms with van der Waals surface area (Å²) in [5.74, 6) is 0.879. The number of para-hydroxylation sites is 1. The van der Waals surface area contributed by atoms with Crippen LogP contribution in [-0.4, -0.2) is 0 Å². The highest BCUT2D eigenvalue weighted by molar-refractivity contribution is 9.10. The van der Waals surface area contributed by atoms with Gasteiger partial charge in [0, 0.05) is 0 Å². The summed E-state index contributed by atoms with van der Waals surface area (Å²) in [5, 5.41) is 0. The van der Waals surface area contributed by atoms with E-state index in [-0.39, 0.29) is 0 Å². The second-order valence-electron chi connectivity index (χ2n) is 3.71. The monoisotopic (exact) mass is 276 g/mol. The summed E-state index contributed by atoms with van der Waals surface area (Å²) >= 11 is 3.46. The molecule has 0 heterocycles. The molecule has 0 amide bonds. The maximum absolute atomic E-state index is 5.73. The lowest BCUT2D eigenvalue weighted by molar-refractivity contribution is 0.304. The van der Waals surface area contributed by atoms with Crippen LogP contribution in [0, 0.1) is 6.92 Å². The van der Waals surface area contributed by atoms with E-state index in [9.17, 15) is 0 Å². The summed E-state index contributed by atoms with van der Waals surface area (Å²) in [6.45, 7) is 2.69. The SMILES string of the molecule is Cc1cccc(COc2ccccc2Br)c1. The van der Waals surface area contributed by atoms with Gasteiger partial charge in [-0.15, -0.1) is 0 Å². The minimum atomic E-state index is 0.601. The van der Waals surface area contributed by atoms with Crippen molar-refractivity contribution in [3.8, 4) is 5.75 Å². The maximum Gasteiger partial charge on any atom is 0.133 e. The number of ether oxygens (including phenoxy) is 1. The Hall–Kier alpha value is -1.28. The molecule has 2 aromatic carbocycles. The van der Waals surface area contributed by atoms with E-state index in [1.165, 1.54) is 11.1 Å². The van der Waals surface area contributed by atoms with Gasteiger partial charge in [-0.05, 0) is 40.5 Å². The molecule has 0 aliphatic rings. The Kier molecular flexibility index (Phi) is 3.62. The predicted octanol–water partition coefficient (Wildman–Crippen LogP) is 4.34. The predicted molar refractivity (Wildman–Crippen MR) is 69.7 cm³/mol. The lowest BCUT2D eigenvalue weighted by Gasteiger charge is -2.08. The largest absolute Gasteiger partial charge is 0.488 e. The molecule has 0 saturated heterocycles. The first kappa shape index (κ1) is 11.2. The normalized spacial score (nSPS) is 10.1. The molecule has 2 aromatic rings. The molecule has 2 rings (SSSR count). The Morgan fingerprint density at radius 3 is 2.62 bits per heavy atom. The van der Waals surface area contributed by atoms with Crippen LogP contribution in [0.2, 0.25) is 0 Å². The highest BCUT2D eigenvalue weighted by Crippen LogP contribution is 2.24. The zero-order chi connectivity index (χ0) is 11.4. The molecule has 0 aliphatic heterocycles. The molecule has 0 N–H and O–H groups in total. The first-order valence-corrected chi connectivity index (χ1v) is 5.98. The lowest BCUT2D eigenvalue weighted by atomic mass is 10.1. The summed E-state index contributed by atoms with van der Waals surface area (Å²) in [5.41, 5.74) is 2.45. The smallest absolute Gasteiger partial charge is 0.133 e. The Labute approximate surface area is 104 Å². The molecule has 82 valence electrons. The Morgan fingerprint density at radius 2 is 1.88 bits per heavy atom. The van der Waals surface area contributed by atoms with Gasteiger partial charge in [0.05, 0.1) is 4.47 Å². The minimum absolute atomic E-state index is 0.601. The van der Waals surface area contributed by atoms with Crippen LogP contribution in [0.25, 0.3) is 0 Å². The fourth-order valence-corrected chi connectivity index (χ4v) is 1.92. The molecular formula is C14H13BrO. The third kappa shape index (κ3) is 2.86. The van der Waals surface area contributed by atoms with Gasteiger partial charge in [0.25, 0.3) is 0 Å². The average Bonchev–Trinajstić information content (AvgIpc) is 2.28. The number of hydrogen-bond donors (Lipinski definition) is 0. The molecule has 16 heavy (non-hydrogen) atoms. The fourth-order valence-electron chi connectivity index (χ4n) is 1.52. The summed E-state index contributed by atoms with van der Waals surface area (Å²) < 4.78 is 6.72. The summed E-state index contributed by atoms with van der Waals surface area (Å²) in [4.78, 5) is 0. The Bertz CT molecular complexity index is 480. The first-order valence-electron chi connectivity index (χ1n) is 5.18. The van der Waals surface area contributed by atoms with Crippen molar-refractivity contribution in [3.05, 3.63) is 64.1 Å². The van der Waals surface area contributed by atoms with E-state index in [0.29, 0.717) is 6.61 Å². The van der Waals surface area contributed by atoms with Gasteiger partial charge in [-0.3, -0.25) is 0 Å². The van der Waals surface area contributed by atoms with Gasteiger partial charge in [0.15, 0.2) is 0 Å². The molecule has 0 bridgehead atoms. The van der Waals surface area contributed by atoms with E-state index in [2.05, 4.69) is 41.1 Å². The molecule has 0 aromatic heterocycles. The van der Waals surface area contributed by atoms with Crippen molar-refractivity contribution < 1.29 is 4.74 Å². The van der Waals surface area contributed by atoms with Gasteiger partial charge in [-0.1, -0.05) is 42.0 Å². The van der Waals surface area contributed by atoms with Crippen LogP contribution in [0.3, 0.4) is 0 Å². The van der Waals surface area contributed by atoms with Crippen molar-refractivity contribution in [2.45, 2.75) is 13.5 Å². The Morgan fingerprint density at radius 1 is 1.06 bits per heavy atom. The van der Waals surface area contributed by atoms with Gasteiger partial charge >= 0.3 is 0 Å². The number of aryl methyl sites for hydroxylation is 1.